The van der Waals surface area contributed by atoms with Crippen LogP contribution in [0.5, 0.6) is 0 Å². The summed E-state index contributed by atoms with van der Waals surface area (Å²) in [6, 6.07) is 5.68. The molecule has 0 radical (unpaired) electrons. The maximum atomic E-state index is 13.6. The Balaban J connectivity index is 1.94. The van der Waals surface area contributed by atoms with Crippen molar-refractivity contribution in [1.82, 2.24) is 5.43 Å². The summed E-state index contributed by atoms with van der Waals surface area (Å²) < 4.78 is 26.4. The van der Waals surface area contributed by atoms with Crippen LogP contribution in [0, 0.1) is 11.6 Å². The minimum atomic E-state index is -0.559. The van der Waals surface area contributed by atoms with Gasteiger partial charge in [-0.05, 0) is 53.3 Å². The molecule has 0 amide bonds. The van der Waals surface area contributed by atoms with Crippen LogP contribution in [0.1, 0.15) is 17.5 Å². The van der Waals surface area contributed by atoms with Crippen molar-refractivity contribution in [3.05, 3.63) is 57.8 Å². The second-order valence-electron chi connectivity index (χ2n) is 4.47. The summed E-state index contributed by atoms with van der Waals surface area (Å²) in [6.45, 7) is 0. The zero-order chi connectivity index (χ0) is 13.7. The first-order chi connectivity index (χ1) is 9.19. The number of halogens is 2. The third-order valence-corrected chi connectivity index (χ3v) is 3.81. The molecular formula is C14H16F2N2S. The van der Waals surface area contributed by atoms with Crippen LogP contribution in [0.2, 0.25) is 0 Å². The normalized spacial score (nSPS) is 12.6. The summed E-state index contributed by atoms with van der Waals surface area (Å²) in [7, 11) is 0. The molecule has 1 heterocycles. The number of hydrogen-bond acceptors (Lipinski definition) is 3. The zero-order valence-electron chi connectivity index (χ0n) is 10.4. The molecule has 0 bridgehead atoms. The third-order valence-electron chi connectivity index (χ3n) is 3.08. The lowest BCUT2D eigenvalue weighted by Crippen LogP contribution is -2.37. The van der Waals surface area contributed by atoms with Gasteiger partial charge in [-0.2, -0.15) is 11.3 Å². The molecule has 1 aromatic carbocycles. The highest BCUT2D eigenvalue weighted by Gasteiger charge is 2.12. The van der Waals surface area contributed by atoms with Crippen LogP contribution in [0.15, 0.2) is 35.0 Å². The first-order valence-corrected chi connectivity index (χ1v) is 7.04. The fraction of sp³-hybridized carbons (Fsp3) is 0.286. The van der Waals surface area contributed by atoms with Gasteiger partial charge in [0.1, 0.15) is 11.6 Å². The summed E-state index contributed by atoms with van der Waals surface area (Å²) >= 11 is 1.65. The van der Waals surface area contributed by atoms with Crippen LogP contribution in [0.25, 0.3) is 0 Å². The minimum absolute atomic E-state index is 0.0279. The molecule has 0 saturated carbocycles. The SMILES string of the molecule is NNC(CCc1ccsc1)Cc1ccc(F)cc1F. The Kier molecular flexibility index (Phi) is 5.01. The van der Waals surface area contributed by atoms with Crippen LogP contribution >= 0.6 is 11.3 Å². The van der Waals surface area contributed by atoms with Crippen LogP contribution < -0.4 is 11.3 Å². The molecule has 1 aromatic heterocycles. The van der Waals surface area contributed by atoms with Gasteiger partial charge in [0.05, 0.1) is 0 Å². The molecule has 2 aromatic rings. The molecule has 19 heavy (non-hydrogen) atoms. The molecule has 0 fully saturated rings. The Bertz CT molecular complexity index is 514. The Morgan fingerprint density at radius 1 is 1.26 bits per heavy atom. The summed E-state index contributed by atoms with van der Waals surface area (Å²) in [5.41, 5.74) is 4.43. The van der Waals surface area contributed by atoms with E-state index in [1.165, 1.54) is 17.7 Å². The smallest absolute Gasteiger partial charge is 0.129 e. The van der Waals surface area contributed by atoms with E-state index < -0.39 is 11.6 Å². The summed E-state index contributed by atoms with van der Waals surface area (Å²) in [5, 5.41) is 4.12. The summed E-state index contributed by atoms with van der Waals surface area (Å²) in [5.74, 6) is 4.42. The Morgan fingerprint density at radius 3 is 2.74 bits per heavy atom. The molecule has 5 heteroatoms. The molecule has 1 atom stereocenters. The lowest BCUT2D eigenvalue weighted by molar-refractivity contribution is 0.478. The van der Waals surface area contributed by atoms with Crippen molar-refractivity contribution in [2.75, 3.05) is 0 Å². The van der Waals surface area contributed by atoms with E-state index in [0.29, 0.717) is 12.0 Å². The number of benzene rings is 1. The number of rotatable bonds is 6. The number of hydrogen-bond donors (Lipinski definition) is 2. The monoisotopic (exact) mass is 282 g/mol. The van der Waals surface area contributed by atoms with E-state index in [1.54, 1.807) is 11.3 Å². The van der Waals surface area contributed by atoms with E-state index in [2.05, 4.69) is 16.9 Å². The van der Waals surface area contributed by atoms with E-state index in [-0.39, 0.29) is 6.04 Å². The molecule has 0 aliphatic heterocycles. The Hall–Kier alpha value is -1.30. The average Bonchev–Trinajstić information content (AvgIpc) is 2.90. The van der Waals surface area contributed by atoms with Gasteiger partial charge in [-0.3, -0.25) is 11.3 Å². The molecule has 1 unspecified atom stereocenters. The van der Waals surface area contributed by atoms with Crippen LogP contribution in [0.4, 0.5) is 8.78 Å². The fourth-order valence-corrected chi connectivity index (χ4v) is 2.68. The third kappa shape index (κ3) is 4.09. The lowest BCUT2D eigenvalue weighted by atomic mass is 10.0. The maximum absolute atomic E-state index is 13.6. The Labute approximate surface area is 115 Å². The van der Waals surface area contributed by atoms with E-state index >= 15 is 0 Å². The molecule has 0 aliphatic carbocycles. The Morgan fingerprint density at radius 2 is 2.11 bits per heavy atom. The van der Waals surface area contributed by atoms with Gasteiger partial charge in [0.2, 0.25) is 0 Å². The summed E-state index contributed by atoms with van der Waals surface area (Å²) in [4.78, 5) is 0. The topological polar surface area (TPSA) is 38.0 Å². The summed E-state index contributed by atoms with van der Waals surface area (Å²) in [6.07, 6.45) is 2.15. The van der Waals surface area contributed by atoms with Crippen molar-refractivity contribution in [1.29, 1.82) is 0 Å². The molecular weight excluding hydrogens is 266 g/mol. The van der Waals surface area contributed by atoms with Crippen molar-refractivity contribution < 1.29 is 8.78 Å². The number of aryl methyl sites for hydroxylation is 1. The van der Waals surface area contributed by atoms with Gasteiger partial charge in [0, 0.05) is 12.1 Å². The highest BCUT2D eigenvalue weighted by Crippen LogP contribution is 2.15. The molecule has 0 aliphatic rings. The molecule has 0 saturated heterocycles. The number of thiophene rings is 1. The second kappa shape index (κ2) is 6.75. The van der Waals surface area contributed by atoms with Crippen molar-refractivity contribution in [3.63, 3.8) is 0 Å². The van der Waals surface area contributed by atoms with Gasteiger partial charge in [0.15, 0.2) is 0 Å². The molecule has 102 valence electrons. The van der Waals surface area contributed by atoms with E-state index in [9.17, 15) is 8.78 Å². The van der Waals surface area contributed by atoms with Gasteiger partial charge in [-0.25, -0.2) is 8.78 Å². The van der Waals surface area contributed by atoms with Crippen LogP contribution in [0.3, 0.4) is 0 Å². The van der Waals surface area contributed by atoms with Gasteiger partial charge < -0.3 is 0 Å². The largest absolute Gasteiger partial charge is 0.271 e. The van der Waals surface area contributed by atoms with Crippen molar-refractivity contribution in [2.24, 2.45) is 5.84 Å². The van der Waals surface area contributed by atoms with Crippen molar-refractivity contribution in [2.45, 2.75) is 25.3 Å². The van der Waals surface area contributed by atoms with Crippen LogP contribution in [-0.2, 0) is 12.8 Å². The maximum Gasteiger partial charge on any atom is 0.129 e. The predicted octanol–water partition coefficient (Wildman–Crippen LogP) is 3.03. The molecule has 0 spiro atoms. The van der Waals surface area contributed by atoms with E-state index in [4.69, 9.17) is 5.84 Å². The molecule has 2 nitrogen and oxygen atoms in total. The van der Waals surface area contributed by atoms with Gasteiger partial charge in [-0.15, -0.1) is 0 Å². The number of hydrazine groups is 1. The van der Waals surface area contributed by atoms with Crippen molar-refractivity contribution >= 4 is 11.3 Å². The lowest BCUT2D eigenvalue weighted by Gasteiger charge is -2.16. The standard InChI is InChI=1S/C14H16F2N2S/c15-12-3-2-11(14(16)8-12)7-13(18-17)4-1-10-5-6-19-9-10/h2-3,5-6,8-9,13,18H,1,4,7,17H2. The minimum Gasteiger partial charge on any atom is -0.271 e. The molecule has 3 N–H and O–H groups in total. The zero-order valence-corrected chi connectivity index (χ0v) is 11.2. The second-order valence-corrected chi connectivity index (χ2v) is 5.25. The number of nitrogens with two attached hydrogens (primary N) is 1. The fourth-order valence-electron chi connectivity index (χ4n) is 1.97. The van der Waals surface area contributed by atoms with Crippen LogP contribution in [-0.4, -0.2) is 6.04 Å². The van der Waals surface area contributed by atoms with Gasteiger partial charge >= 0.3 is 0 Å². The van der Waals surface area contributed by atoms with Gasteiger partial charge in [0.25, 0.3) is 0 Å². The van der Waals surface area contributed by atoms with Crippen molar-refractivity contribution in [3.8, 4) is 0 Å². The van der Waals surface area contributed by atoms with E-state index in [1.807, 2.05) is 5.38 Å². The first-order valence-electron chi connectivity index (χ1n) is 6.10. The highest BCUT2D eigenvalue weighted by molar-refractivity contribution is 7.07. The van der Waals surface area contributed by atoms with E-state index in [0.717, 1.165) is 18.9 Å². The highest BCUT2D eigenvalue weighted by atomic mass is 32.1. The first kappa shape index (κ1) is 14.1. The molecule has 2 rings (SSSR count). The predicted molar refractivity (Wildman–Crippen MR) is 73.8 cm³/mol. The average molecular weight is 282 g/mol. The van der Waals surface area contributed by atoms with Gasteiger partial charge in [-0.1, -0.05) is 6.07 Å². The quantitative estimate of drug-likeness (QED) is 0.631. The number of nitrogens with one attached hydrogen (secondary N) is 1.